The van der Waals surface area contributed by atoms with Gasteiger partial charge in [-0.05, 0) is 42.5 Å². The maximum absolute atomic E-state index is 13.0. The van der Waals surface area contributed by atoms with E-state index in [1.54, 1.807) is 36.9 Å². The molecule has 1 aliphatic heterocycles. The van der Waals surface area contributed by atoms with Gasteiger partial charge in [0.05, 0.1) is 5.69 Å². The van der Waals surface area contributed by atoms with Gasteiger partial charge in [-0.1, -0.05) is 0 Å². The van der Waals surface area contributed by atoms with Gasteiger partial charge in [-0.3, -0.25) is 9.67 Å². The summed E-state index contributed by atoms with van der Waals surface area (Å²) in [6, 6.07) is 13.5. The van der Waals surface area contributed by atoms with E-state index < -0.39 is 13.0 Å². The summed E-state index contributed by atoms with van der Waals surface area (Å²) in [6.45, 7) is 3.43. The van der Waals surface area contributed by atoms with Gasteiger partial charge in [0.2, 0.25) is 5.95 Å². The topological polar surface area (TPSA) is 83.8 Å². The maximum Gasteiger partial charge on any atom is 0.257 e. The molecular weight excluding hydrogens is 438 g/mol. The first-order valence-electron chi connectivity index (χ1n) is 11.1. The zero-order valence-corrected chi connectivity index (χ0v) is 18.4. The number of alkyl halides is 2. The lowest BCUT2D eigenvalue weighted by atomic mass is 10.1. The van der Waals surface area contributed by atoms with Crippen LogP contribution in [0.15, 0.2) is 67.3 Å². The van der Waals surface area contributed by atoms with Crippen LogP contribution in [-0.4, -0.2) is 57.3 Å². The molecule has 1 saturated heterocycles. The standard InChI is InChI=1S/C24H24F2N8/c25-22(26)16-34-15-20(23(32-34)17-2-1-8-28-14-17)21-7-9-29-24(31-21)30-18-3-5-19(6-4-18)33-12-10-27-11-13-33/h1-9,14-15,22,27H,10-13,16H2,(H,29,30,31). The Bertz CT molecular complexity index is 1220. The first-order valence-corrected chi connectivity index (χ1v) is 11.1. The zero-order valence-electron chi connectivity index (χ0n) is 18.4. The zero-order chi connectivity index (χ0) is 23.3. The lowest BCUT2D eigenvalue weighted by molar-refractivity contribution is 0.122. The highest BCUT2D eigenvalue weighted by molar-refractivity contribution is 5.78. The molecule has 0 bridgehead atoms. The minimum atomic E-state index is -2.51. The van der Waals surface area contributed by atoms with E-state index in [-0.39, 0.29) is 0 Å². The Labute approximate surface area is 195 Å². The number of nitrogens with zero attached hydrogens (tertiary/aromatic N) is 6. The number of piperazine rings is 1. The first-order chi connectivity index (χ1) is 16.7. The summed E-state index contributed by atoms with van der Waals surface area (Å²) in [4.78, 5) is 15.4. The van der Waals surface area contributed by atoms with Crippen LogP contribution in [0.25, 0.3) is 22.5 Å². The molecule has 5 rings (SSSR count). The Morgan fingerprint density at radius 2 is 1.85 bits per heavy atom. The number of pyridine rings is 1. The highest BCUT2D eigenvalue weighted by Gasteiger charge is 2.17. The second-order valence-electron chi connectivity index (χ2n) is 7.92. The van der Waals surface area contributed by atoms with E-state index in [9.17, 15) is 8.78 Å². The molecule has 0 radical (unpaired) electrons. The Balaban J connectivity index is 1.40. The van der Waals surface area contributed by atoms with Crippen LogP contribution < -0.4 is 15.5 Å². The molecule has 8 nitrogen and oxygen atoms in total. The molecule has 1 fully saturated rings. The number of aromatic nitrogens is 5. The summed E-state index contributed by atoms with van der Waals surface area (Å²) in [5, 5.41) is 11.0. The van der Waals surface area contributed by atoms with E-state index >= 15 is 0 Å². The minimum Gasteiger partial charge on any atom is -0.369 e. The Morgan fingerprint density at radius 1 is 1.03 bits per heavy atom. The molecule has 4 heterocycles. The average molecular weight is 463 g/mol. The van der Waals surface area contributed by atoms with Crippen molar-refractivity contribution in [2.24, 2.45) is 0 Å². The smallest absolute Gasteiger partial charge is 0.257 e. The molecule has 2 N–H and O–H groups in total. The molecule has 3 aromatic heterocycles. The van der Waals surface area contributed by atoms with Crippen molar-refractivity contribution in [1.29, 1.82) is 0 Å². The summed E-state index contributed by atoms with van der Waals surface area (Å²) in [6.07, 6.45) is 4.01. The van der Waals surface area contributed by atoms with Crippen LogP contribution in [-0.2, 0) is 6.54 Å². The molecule has 0 atom stereocenters. The average Bonchev–Trinajstić information content (AvgIpc) is 3.29. The van der Waals surface area contributed by atoms with Gasteiger partial charge in [0.1, 0.15) is 12.2 Å². The summed E-state index contributed by atoms with van der Waals surface area (Å²) in [5.74, 6) is 0.408. The van der Waals surface area contributed by atoms with Gasteiger partial charge in [0.15, 0.2) is 0 Å². The fourth-order valence-electron chi connectivity index (χ4n) is 3.94. The molecule has 174 valence electrons. The number of benzene rings is 1. The lowest BCUT2D eigenvalue weighted by Crippen LogP contribution is -2.43. The first kappa shape index (κ1) is 21.9. The number of halogens is 2. The molecule has 1 aliphatic rings. The second kappa shape index (κ2) is 9.92. The van der Waals surface area contributed by atoms with Crippen LogP contribution in [0.1, 0.15) is 0 Å². The highest BCUT2D eigenvalue weighted by Crippen LogP contribution is 2.30. The van der Waals surface area contributed by atoms with E-state index in [2.05, 4.69) is 47.7 Å². The molecular formula is C24H24F2N8. The quantitative estimate of drug-likeness (QED) is 0.432. The monoisotopic (exact) mass is 462 g/mol. The van der Waals surface area contributed by atoms with E-state index in [1.807, 2.05) is 18.2 Å². The van der Waals surface area contributed by atoms with E-state index in [1.165, 1.54) is 10.4 Å². The third-order valence-electron chi connectivity index (χ3n) is 5.56. The fourth-order valence-corrected chi connectivity index (χ4v) is 3.94. The van der Waals surface area contributed by atoms with Gasteiger partial charge in [0.25, 0.3) is 6.43 Å². The summed E-state index contributed by atoms with van der Waals surface area (Å²) in [5.41, 5.74) is 4.51. The van der Waals surface area contributed by atoms with Crippen molar-refractivity contribution in [1.82, 2.24) is 30.0 Å². The molecule has 4 aromatic rings. The predicted octanol–water partition coefficient (Wildman–Crippen LogP) is 3.82. The van der Waals surface area contributed by atoms with Crippen LogP contribution in [0.4, 0.5) is 26.1 Å². The van der Waals surface area contributed by atoms with Gasteiger partial charge in [0, 0.05) is 73.5 Å². The van der Waals surface area contributed by atoms with Crippen LogP contribution in [0.5, 0.6) is 0 Å². The maximum atomic E-state index is 13.0. The number of nitrogens with one attached hydrogen (secondary N) is 2. The Hall–Kier alpha value is -3.92. The number of anilines is 3. The van der Waals surface area contributed by atoms with Gasteiger partial charge in [-0.25, -0.2) is 18.7 Å². The van der Waals surface area contributed by atoms with Crippen LogP contribution >= 0.6 is 0 Å². The van der Waals surface area contributed by atoms with Crippen molar-refractivity contribution >= 4 is 17.3 Å². The number of hydrogen-bond donors (Lipinski definition) is 2. The molecule has 0 unspecified atom stereocenters. The van der Waals surface area contributed by atoms with Crippen molar-refractivity contribution in [2.75, 3.05) is 36.4 Å². The van der Waals surface area contributed by atoms with Crippen LogP contribution in [0.2, 0.25) is 0 Å². The molecule has 0 amide bonds. The van der Waals surface area contributed by atoms with E-state index in [0.717, 1.165) is 37.4 Å². The molecule has 34 heavy (non-hydrogen) atoms. The van der Waals surface area contributed by atoms with Crippen LogP contribution in [0.3, 0.4) is 0 Å². The summed E-state index contributed by atoms with van der Waals surface area (Å²) < 4.78 is 27.3. The van der Waals surface area contributed by atoms with Gasteiger partial charge in [-0.2, -0.15) is 5.10 Å². The second-order valence-corrected chi connectivity index (χ2v) is 7.92. The van der Waals surface area contributed by atoms with E-state index in [0.29, 0.717) is 22.9 Å². The lowest BCUT2D eigenvalue weighted by Gasteiger charge is -2.29. The van der Waals surface area contributed by atoms with Crippen LogP contribution in [0, 0.1) is 0 Å². The van der Waals surface area contributed by atoms with Crippen molar-refractivity contribution in [2.45, 2.75) is 13.0 Å². The molecule has 1 aromatic carbocycles. The van der Waals surface area contributed by atoms with Crippen molar-refractivity contribution in [3.63, 3.8) is 0 Å². The Kier molecular flexibility index (Phi) is 6.39. The molecule has 0 aliphatic carbocycles. The predicted molar refractivity (Wildman–Crippen MR) is 127 cm³/mol. The Morgan fingerprint density at radius 3 is 2.59 bits per heavy atom. The third-order valence-corrected chi connectivity index (χ3v) is 5.56. The minimum absolute atomic E-state index is 0.408. The third kappa shape index (κ3) is 5.01. The number of rotatable bonds is 7. The molecule has 0 saturated carbocycles. The largest absolute Gasteiger partial charge is 0.369 e. The number of hydrogen-bond acceptors (Lipinski definition) is 7. The van der Waals surface area contributed by atoms with Gasteiger partial charge >= 0.3 is 0 Å². The fraction of sp³-hybridized carbons (Fsp3) is 0.250. The summed E-state index contributed by atoms with van der Waals surface area (Å²) >= 11 is 0. The molecule has 0 spiro atoms. The van der Waals surface area contributed by atoms with Crippen molar-refractivity contribution in [3.05, 3.63) is 67.3 Å². The summed E-state index contributed by atoms with van der Waals surface area (Å²) in [7, 11) is 0. The normalized spacial score (nSPS) is 13.9. The van der Waals surface area contributed by atoms with E-state index in [4.69, 9.17) is 0 Å². The SMILES string of the molecule is FC(F)Cn1cc(-c2ccnc(Nc3ccc(N4CCNCC4)cc3)n2)c(-c2cccnc2)n1. The molecule has 10 heteroatoms. The van der Waals surface area contributed by atoms with Gasteiger partial charge < -0.3 is 15.5 Å². The van der Waals surface area contributed by atoms with Crippen molar-refractivity contribution in [3.8, 4) is 22.5 Å². The highest BCUT2D eigenvalue weighted by atomic mass is 19.3. The van der Waals surface area contributed by atoms with Crippen molar-refractivity contribution < 1.29 is 8.78 Å². The van der Waals surface area contributed by atoms with Gasteiger partial charge in [-0.15, -0.1) is 0 Å².